The molecule has 0 aliphatic rings. The first-order valence-corrected chi connectivity index (χ1v) is 6.21. The van der Waals surface area contributed by atoms with Gasteiger partial charge in [0.15, 0.2) is 5.84 Å². The average Bonchev–Trinajstić information content (AvgIpc) is 2.53. The van der Waals surface area contributed by atoms with Crippen molar-refractivity contribution in [1.82, 2.24) is 0 Å². The predicted molar refractivity (Wildman–Crippen MR) is 80.6 cm³/mol. The summed E-state index contributed by atoms with van der Waals surface area (Å²) >= 11 is 0. The topological polar surface area (TPSA) is 70.6 Å². The molecule has 0 saturated carbocycles. The Labute approximate surface area is 122 Å². The van der Waals surface area contributed by atoms with Gasteiger partial charge in [-0.3, -0.25) is 0 Å². The maximum absolute atomic E-state index is 13.3. The molecule has 0 aliphatic carbocycles. The Morgan fingerprint density at radius 2 is 2.14 bits per heavy atom. The first-order chi connectivity index (χ1) is 10.1. The third-order valence-electron chi connectivity index (χ3n) is 2.97. The molecule has 4 nitrogen and oxygen atoms in total. The molecule has 4 N–H and O–H groups in total. The molecule has 0 fully saturated rings. The first kappa shape index (κ1) is 14.4. The van der Waals surface area contributed by atoms with Crippen molar-refractivity contribution >= 4 is 11.5 Å². The van der Waals surface area contributed by atoms with Gasteiger partial charge in [-0.2, -0.15) is 0 Å². The van der Waals surface area contributed by atoms with Gasteiger partial charge < -0.3 is 16.3 Å². The lowest BCUT2D eigenvalue weighted by Crippen LogP contribution is -2.17. The number of anilines is 1. The number of benzene rings is 2. The zero-order valence-corrected chi connectivity index (χ0v) is 11.2. The van der Waals surface area contributed by atoms with E-state index in [0.717, 1.165) is 11.3 Å². The van der Waals surface area contributed by atoms with Crippen LogP contribution in [0, 0.1) is 18.2 Å². The van der Waals surface area contributed by atoms with Crippen molar-refractivity contribution in [3.63, 3.8) is 0 Å². The predicted octanol–water partition coefficient (Wildman–Crippen LogP) is 2.51. The highest BCUT2D eigenvalue weighted by atomic mass is 19.1. The lowest BCUT2D eigenvalue weighted by molar-refractivity contribution is 0.318. The molecule has 0 atom stereocenters. The van der Waals surface area contributed by atoms with E-state index in [1.54, 1.807) is 6.07 Å². The number of rotatable bonds is 4. The highest BCUT2D eigenvalue weighted by Crippen LogP contribution is 2.15. The summed E-state index contributed by atoms with van der Waals surface area (Å²) in [6.45, 7) is 0.389. The molecule has 0 saturated heterocycles. The SMILES string of the molecule is C#Cc1cccc(NCc2ccc(F)cc2C(N)=NO)c1. The molecule has 5 heteroatoms. The molecule has 0 heterocycles. The summed E-state index contributed by atoms with van der Waals surface area (Å²) < 4.78 is 13.3. The molecule has 0 bridgehead atoms. The standard InChI is InChI=1S/C16H14FN3O/c1-2-11-4-3-5-14(8-11)19-10-12-6-7-13(17)9-15(12)16(18)20-21/h1,3-9,19,21H,10H2,(H2,18,20). The van der Waals surface area contributed by atoms with Gasteiger partial charge in [-0.25, -0.2) is 4.39 Å². The van der Waals surface area contributed by atoms with E-state index in [0.29, 0.717) is 17.7 Å². The Morgan fingerprint density at radius 3 is 2.86 bits per heavy atom. The van der Waals surface area contributed by atoms with Crippen molar-refractivity contribution in [1.29, 1.82) is 0 Å². The highest BCUT2D eigenvalue weighted by molar-refractivity contribution is 5.98. The maximum atomic E-state index is 13.3. The van der Waals surface area contributed by atoms with Crippen molar-refractivity contribution in [3.05, 3.63) is 65.0 Å². The third-order valence-corrected chi connectivity index (χ3v) is 2.97. The van der Waals surface area contributed by atoms with Gasteiger partial charge in [-0.05, 0) is 35.9 Å². The Balaban J connectivity index is 2.22. The van der Waals surface area contributed by atoms with E-state index in [9.17, 15) is 4.39 Å². The molecule has 2 aromatic rings. The van der Waals surface area contributed by atoms with E-state index in [-0.39, 0.29) is 5.84 Å². The van der Waals surface area contributed by atoms with E-state index in [1.807, 2.05) is 24.3 Å². The number of nitrogens with one attached hydrogen (secondary N) is 1. The summed E-state index contributed by atoms with van der Waals surface area (Å²) in [6.07, 6.45) is 5.35. The van der Waals surface area contributed by atoms with Crippen LogP contribution in [-0.4, -0.2) is 11.0 Å². The smallest absolute Gasteiger partial charge is 0.170 e. The summed E-state index contributed by atoms with van der Waals surface area (Å²) in [5, 5.41) is 14.8. The molecule has 2 rings (SSSR count). The summed E-state index contributed by atoms with van der Waals surface area (Å²) in [7, 11) is 0. The van der Waals surface area contributed by atoms with Crippen LogP contribution in [0.4, 0.5) is 10.1 Å². The Hall–Kier alpha value is -3.00. The van der Waals surface area contributed by atoms with Gasteiger partial charge in [0.25, 0.3) is 0 Å². The van der Waals surface area contributed by atoms with Gasteiger partial charge in [-0.1, -0.05) is 23.2 Å². The third kappa shape index (κ3) is 3.51. The molecule has 0 aromatic heterocycles. The fourth-order valence-corrected chi connectivity index (χ4v) is 1.91. The van der Waals surface area contributed by atoms with Gasteiger partial charge in [0.1, 0.15) is 5.82 Å². The Morgan fingerprint density at radius 1 is 1.33 bits per heavy atom. The van der Waals surface area contributed by atoms with Crippen LogP contribution in [0.1, 0.15) is 16.7 Å². The summed E-state index contributed by atoms with van der Waals surface area (Å²) in [5.74, 6) is 1.97. The minimum Gasteiger partial charge on any atom is -0.409 e. The van der Waals surface area contributed by atoms with Crippen LogP contribution in [0.2, 0.25) is 0 Å². The van der Waals surface area contributed by atoms with Crippen molar-refractivity contribution in [2.75, 3.05) is 5.32 Å². The van der Waals surface area contributed by atoms with Crippen molar-refractivity contribution < 1.29 is 9.60 Å². The van der Waals surface area contributed by atoms with E-state index in [1.165, 1.54) is 12.1 Å². The quantitative estimate of drug-likeness (QED) is 0.265. The summed E-state index contributed by atoms with van der Waals surface area (Å²) in [5.41, 5.74) is 8.20. The van der Waals surface area contributed by atoms with E-state index in [4.69, 9.17) is 17.4 Å². The minimum absolute atomic E-state index is 0.135. The number of hydrogen-bond acceptors (Lipinski definition) is 3. The van der Waals surface area contributed by atoms with Crippen molar-refractivity contribution in [3.8, 4) is 12.3 Å². The van der Waals surface area contributed by atoms with E-state index >= 15 is 0 Å². The molecule has 21 heavy (non-hydrogen) atoms. The minimum atomic E-state index is -0.449. The molecule has 0 radical (unpaired) electrons. The highest BCUT2D eigenvalue weighted by Gasteiger charge is 2.08. The number of terminal acetylenes is 1. The van der Waals surface area contributed by atoms with E-state index in [2.05, 4.69) is 16.4 Å². The first-order valence-electron chi connectivity index (χ1n) is 6.21. The lowest BCUT2D eigenvalue weighted by Gasteiger charge is -2.11. The maximum Gasteiger partial charge on any atom is 0.170 e. The van der Waals surface area contributed by atoms with Crippen LogP contribution in [0.25, 0.3) is 0 Å². The average molecular weight is 283 g/mol. The number of hydrogen-bond donors (Lipinski definition) is 3. The number of amidine groups is 1. The van der Waals surface area contributed by atoms with Gasteiger partial charge in [0.05, 0.1) is 0 Å². The van der Waals surface area contributed by atoms with Crippen LogP contribution >= 0.6 is 0 Å². The molecule has 0 amide bonds. The Bertz CT molecular complexity index is 720. The van der Waals surface area contributed by atoms with Gasteiger partial charge in [-0.15, -0.1) is 6.42 Å². The lowest BCUT2D eigenvalue weighted by atomic mass is 10.1. The van der Waals surface area contributed by atoms with Crippen LogP contribution in [0.15, 0.2) is 47.6 Å². The summed E-state index contributed by atoms with van der Waals surface area (Å²) in [6, 6.07) is 11.5. The van der Waals surface area contributed by atoms with Crippen LogP contribution < -0.4 is 11.1 Å². The zero-order chi connectivity index (χ0) is 15.2. The molecular weight excluding hydrogens is 269 g/mol. The second-order valence-electron chi connectivity index (χ2n) is 4.37. The molecule has 0 aliphatic heterocycles. The zero-order valence-electron chi connectivity index (χ0n) is 11.2. The molecule has 106 valence electrons. The van der Waals surface area contributed by atoms with Crippen molar-refractivity contribution in [2.24, 2.45) is 10.9 Å². The van der Waals surface area contributed by atoms with Crippen LogP contribution in [-0.2, 0) is 6.54 Å². The van der Waals surface area contributed by atoms with E-state index < -0.39 is 5.82 Å². The number of nitrogens with zero attached hydrogens (tertiary/aromatic N) is 1. The second-order valence-corrected chi connectivity index (χ2v) is 4.37. The molecular formula is C16H14FN3O. The molecule has 0 unspecified atom stereocenters. The fraction of sp³-hybridized carbons (Fsp3) is 0.0625. The normalized spacial score (nSPS) is 11.0. The monoisotopic (exact) mass is 283 g/mol. The largest absolute Gasteiger partial charge is 0.409 e. The van der Waals surface area contributed by atoms with Crippen LogP contribution in [0.5, 0.6) is 0 Å². The number of halogens is 1. The Kier molecular flexibility index (Phi) is 4.42. The van der Waals surface area contributed by atoms with Crippen LogP contribution in [0.3, 0.4) is 0 Å². The molecule has 2 aromatic carbocycles. The number of oxime groups is 1. The fourth-order valence-electron chi connectivity index (χ4n) is 1.91. The van der Waals surface area contributed by atoms with Gasteiger partial charge in [0.2, 0.25) is 0 Å². The van der Waals surface area contributed by atoms with Crippen molar-refractivity contribution in [2.45, 2.75) is 6.54 Å². The molecule has 0 spiro atoms. The number of nitrogens with two attached hydrogens (primary N) is 1. The second kappa shape index (κ2) is 6.44. The van der Waals surface area contributed by atoms with Gasteiger partial charge in [0, 0.05) is 23.4 Å². The summed E-state index contributed by atoms with van der Waals surface area (Å²) in [4.78, 5) is 0. The van der Waals surface area contributed by atoms with Gasteiger partial charge >= 0.3 is 0 Å².